The van der Waals surface area contributed by atoms with Gasteiger partial charge in [-0.25, -0.2) is 0 Å². The number of para-hydroxylation sites is 1. The van der Waals surface area contributed by atoms with Crippen LogP contribution in [0.4, 0.5) is 5.69 Å². The molecule has 0 saturated heterocycles. The Morgan fingerprint density at radius 2 is 1.74 bits per heavy atom. The Bertz CT molecular complexity index is 559. The van der Waals surface area contributed by atoms with Crippen LogP contribution in [0.1, 0.15) is 6.92 Å². The molecule has 2 nitrogen and oxygen atoms in total. The van der Waals surface area contributed by atoms with Gasteiger partial charge >= 0.3 is 0 Å². The lowest BCUT2D eigenvalue weighted by Crippen LogP contribution is -2.22. The normalized spacial score (nSPS) is 11.9. The molecule has 19 heavy (non-hydrogen) atoms. The van der Waals surface area contributed by atoms with E-state index in [0.717, 1.165) is 15.1 Å². The van der Waals surface area contributed by atoms with E-state index in [4.69, 9.17) is 0 Å². The zero-order valence-corrected chi connectivity index (χ0v) is 12.9. The summed E-state index contributed by atoms with van der Waals surface area (Å²) in [4.78, 5) is 13.1. The van der Waals surface area contributed by atoms with E-state index in [1.165, 1.54) is 11.8 Å². The van der Waals surface area contributed by atoms with Gasteiger partial charge in [0.15, 0.2) is 0 Å². The van der Waals surface area contributed by atoms with Crippen molar-refractivity contribution in [1.82, 2.24) is 0 Å². The van der Waals surface area contributed by atoms with Crippen molar-refractivity contribution in [2.24, 2.45) is 0 Å². The fourth-order valence-electron chi connectivity index (χ4n) is 1.55. The first-order valence-corrected chi connectivity index (χ1v) is 7.61. The number of carbonyl (C=O) groups is 1. The van der Waals surface area contributed by atoms with Crippen LogP contribution < -0.4 is 5.32 Å². The SMILES string of the molecule is CC(Sc1ccccc1Br)C(=O)Nc1ccccc1. The summed E-state index contributed by atoms with van der Waals surface area (Å²) >= 11 is 5.03. The Labute approximate surface area is 125 Å². The van der Waals surface area contributed by atoms with Crippen LogP contribution in [0.25, 0.3) is 0 Å². The molecule has 1 atom stereocenters. The van der Waals surface area contributed by atoms with E-state index in [1.54, 1.807) is 0 Å². The lowest BCUT2D eigenvalue weighted by atomic mass is 10.3. The van der Waals surface area contributed by atoms with E-state index in [1.807, 2.05) is 61.5 Å². The number of benzene rings is 2. The van der Waals surface area contributed by atoms with Crippen molar-refractivity contribution in [3.63, 3.8) is 0 Å². The third kappa shape index (κ3) is 4.11. The molecule has 98 valence electrons. The number of hydrogen-bond donors (Lipinski definition) is 1. The number of thioether (sulfide) groups is 1. The van der Waals surface area contributed by atoms with Crippen LogP contribution >= 0.6 is 27.7 Å². The van der Waals surface area contributed by atoms with Crippen molar-refractivity contribution < 1.29 is 4.79 Å². The van der Waals surface area contributed by atoms with E-state index in [0.29, 0.717) is 0 Å². The molecule has 4 heteroatoms. The fourth-order valence-corrected chi connectivity index (χ4v) is 3.00. The third-order valence-corrected chi connectivity index (χ3v) is 4.68. The van der Waals surface area contributed by atoms with Gasteiger partial charge in [0.05, 0.1) is 5.25 Å². The molecule has 0 aromatic heterocycles. The summed E-state index contributed by atoms with van der Waals surface area (Å²) in [5.74, 6) is 0.00644. The largest absolute Gasteiger partial charge is 0.325 e. The first-order chi connectivity index (χ1) is 9.16. The highest BCUT2D eigenvalue weighted by Crippen LogP contribution is 2.30. The van der Waals surface area contributed by atoms with E-state index in [2.05, 4.69) is 21.2 Å². The van der Waals surface area contributed by atoms with Crippen LogP contribution in [0.15, 0.2) is 64.0 Å². The van der Waals surface area contributed by atoms with Crippen molar-refractivity contribution in [2.75, 3.05) is 5.32 Å². The number of hydrogen-bond acceptors (Lipinski definition) is 2. The lowest BCUT2D eigenvalue weighted by Gasteiger charge is -2.12. The van der Waals surface area contributed by atoms with Crippen molar-refractivity contribution in [1.29, 1.82) is 0 Å². The van der Waals surface area contributed by atoms with Gasteiger partial charge in [-0.2, -0.15) is 0 Å². The van der Waals surface area contributed by atoms with Gasteiger partial charge < -0.3 is 5.32 Å². The topological polar surface area (TPSA) is 29.1 Å². The number of amides is 1. The molecule has 0 spiro atoms. The van der Waals surface area contributed by atoms with Crippen LogP contribution in [0.3, 0.4) is 0 Å². The summed E-state index contributed by atoms with van der Waals surface area (Å²) < 4.78 is 1.01. The zero-order chi connectivity index (χ0) is 13.7. The molecule has 0 radical (unpaired) electrons. The van der Waals surface area contributed by atoms with Gasteiger partial charge in [-0.3, -0.25) is 4.79 Å². The van der Waals surface area contributed by atoms with Gasteiger partial charge in [0.1, 0.15) is 0 Å². The van der Waals surface area contributed by atoms with Crippen LogP contribution in [-0.2, 0) is 4.79 Å². The maximum Gasteiger partial charge on any atom is 0.237 e. The molecule has 0 aliphatic carbocycles. The summed E-state index contributed by atoms with van der Waals surface area (Å²) in [5.41, 5.74) is 0.826. The molecule has 2 rings (SSSR count). The monoisotopic (exact) mass is 335 g/mol. The zero-order valence-electron chi connectivity index (χ0n) is 10.5. The molecule has 1 unspecified atom stereocenters. The van der Waals surface area contributed by atoms with E-state index in [9.17, 15) is 4.79 Å². The van der Waals surface area contributed by atoms with E-state index in [-0.39, 0.29) is 11.2 Å². The van der Waals surface area contributed by atoms with Gasteiger partial charge in [-0.05, 0) is 47.1 Å². The minimum absolute atomic E-state index is 0.00644. The number of rotatable bonds is 4. The highest BCUT2D eigenvalue weighted by atomic mass is 79.9. The predicted octanol–water partition coefficient (Wildman–Crippen LogP) is 4.57. The molecular formula is C15H14BrNOS. The molecule has 0 bridgehead atoms. The smallest absolute Gasteiger partial charge is 0.237 e. The number of anilines is 1. The third-order valence-electron chi connectivity index (χ3n) is 2.55. The second-order valence-electron chi connectivity index (χ2n) is 4.05. The van der Waals surface area contributed by atoms with Gasteiger partial charge in [-0.15, -0.1) is 11.8 Å². The standard InChI is InChI=1S/C15H14BrNOS/c1-11(19-14-10-6-5-9-13(14)16)15(18)17-12-7-3-2-4-8-12/h2-11H,1H3,(H,17,18). The molecule has 0 aliphatic heterocycles. The van der Waals surface area contributed by atoms with Crippen molar-refractivity contribution in [3.05, 3.63) is 59.1 Å². The Kier molecular flexibility index (Phi) is 5.05. The Balaban J connectivity index is 1.98. The highest BCUT2D eigenvalue weighted by molar-refractivity contribution is 9.10. The molecule has 0 saturated carbocycles. The number of nitrogens with one attached hydrogen (secondary N) is 1. The second-order valence-corrected chi connectivity index (χ2v) is 6.28. The van der Waals surface area contributed by atoms with Crippen molar-refractivity contribution in [2.45, 2.75) is 17.1 Å². The van der Waals surface area contributed by atoms with Gasteiger partial charge in [-0.1, -0.05) is 30.3 Å². The fraction of sp³-hybridized carbons (Fsp3) is 0.133. The first kappa shape index (κ1) is 14.2. The summed E-state index contributed by atoms with van der Waals surface area (Å²) in [6.07, 6.45) is 0. The summed E-state index contributed by atoms with van der Waals surface area (Å²) in [7, 11) is 0. The van der Waals surface area contributed by atoms with Crippen molar-refractivity contribution >= 4 is 39.3 Å². The average molecular weight is 336 g/mol. The molecule has 2 aromatic carbocycles. The Hall–Kier alpha value is -1.26. The van der Waals surface area contributed by atoms with Gasteiger partial charge in [0.2, 0.25) is 5.91 Å². The quantitative estimate of drug-likeness (QED) is 0.829. The van der Waals surface area contributed by atoms with Crippen LogP contribution in [0, 0.1) is 0 Å². The van der Waals surface area contributed by atoms with Crippen LogP contribution in [-0.4, -0.2) is 11.2 Å². The molecular weight excluding hydrogens is 322 g/mol. The molecule has 0 aliphatic rings. The van der Waals surface area contributed by atoms with Gasteiger partial charge in [0.25, 0.3) is 0 Å². The summed E-state index contributed by atoms with van der Waals surface area (Å²) in [6.45, 7) is 1.91. The number of halogens is 1. The lowest BCUT2D eigenvalue weighted by molar-refractivity contribution is -0.115. The summed E-state index contributed by atoms with van der Waals surface area (Å²) in [6, 6.07) is 17.4. The molecule has 0 fully saturated rings. The summed E-state index contributed by atoms with van der Waals surface area (Å²) in [5, 5.41) is 2.75. The van der Waals surface area contributed by atoms with E-state index >= 15 is 0 Å². The second kappa shape index (κ2) is 6.78. The molecule has 1 amide bonds. The predicted molar refractivity (Wildman–Crippen MR) is 84.5 cm³/mol. The maximum absolute atomic E-state index is 12.1. The number of carbonyl (C=O) groups excluding carboxylic acids is 1. The Morgan fingerprint density at radius 3 is 2.42 bits per heavy atom. The van der Waals surface area contributed by atoms with Gasteiger partial charge in [0, 0.05) is 15.1 Å². The minimum atomic E-state index is -0.154. The van der Waals surface area contributed by atoms with E-state index < -0.39 is 0 Å². The molecule has 0 heterocycles. The molecule has 1 N–H and O–H groups in total. The highest BCUT2D eigenvalue weighted by Gasteiger charge is 2.15. The molecule has 2 aromatic rings. The average Bonchev–Trinajstić information content (AvgIpc) is 2.42. The van der Waals surface area contributed by atoms with Crippen LogP contribution in [0.5, 0.6) is 0 Å². The van der Waals surface area contributed by atoms with Crippen molar-refractivity contribution in [3.8, 4) is 0 Å². The maximum atomic E-state index is 12.1. The first-order valence-electron chi connectivity index (χ1n) is 5.94. The minimum Gasteiger partial charge on any atom is -0.325 e. The van der Waals surface area contributed by atoms with Crippen LogP contribution in [0.2, 0.25) is 0 Å². The Morgan fingerprint density at radius 1 is 1.11 bits per heavy atom.